The highest BCUT2D eigenvalue weighted by molar-refractivity contribution is 6.31. The summed E-state index contributed by atoms with van der Waals surface area (Å²) in [5.74, 6) is 0.748. The number of aliphatic hydroxyl groups excluding tert-OH is 2. The van der Waals surface area contributed by atoms with Crippen LogP contribution in [0.5, 0.6) is 0 Å². The number of hydrogen-bond donors (Lipinski definition) is 2. The Labute approximate surface area is 111 Å². The number of aliphatic hydroxyl groups is 2. The lowest BCUT2D eigenvalue weighted by molar-refractivity contribution is -0.0105. The Hall–Kier alpha value is -0.880. The van der Waals surface area contributed by atoms with Gasteiger partial charge in [0.2, 0.25) is 0 Å². The van der Waals surface area contributed by atoms with Gasteiger partial charge < -0.3 is 19.8 Å². The third kappa shape index (κ3) is 2.75. The zero-order chi connectivity index (χ0) is 13.1. The van der Waals surface area contributed by atoms with Crippen LogP contribution in [0.15, 0.2) is 12.1 Å². The summed E-state index contributed by atoms with van der Waals surface area (Å²) in [6, 6.07) is 3.72. The normalized spacial score (nSPS) is 24.3. The van der Waals surface area contributed by atoms with Crippen molar-refractivity contribution in [1.82, 2.24) is 4.98 Å². The molecule has 0 saturated carbocycles. The van der Waals surface area contributed by atoms with Crippen LogP contribution >= 0.6 is 11.6 Å². The molecule has 0 aromatic carbocycles. The monoisotopic (exact) mass is 272 g/mol. The summed E-state index contributed by atoms with van der Waals surface area (Å²) in [6.07, 6.45) is -0.198. The van der Waals surface area contributed by atoms with E-state index in [1.165, 1.54) is 0 Å². The van der Waals surface area contributed by atoms with E-state index in [1.54, 1.807) is 6.07 Å². The van der Waals surface area contributed by atoms with Gasteiger partial charge in [0.05, 0.1) is 42.7 Å². The third-order valence-corrected chi connectivity index (χ3v) is 3.40. The molecule has 1 aromatic heterocycles. The lowest BCUT2D eigenvalue weighted by Gasteiger charge is -2.38. The van der Waals surface area contributed by atoms with Crippen molar-refractivity contribution in [2.24, 2.45) is 0 Å². The molecule has 5 nitrogen and oxygen atoms in total. The highest BCUT2D eigenvalue weighted by Gasteiger charge is 2.26. The number of halogens is 1. The number of aromatic nitrogens is 1. The molecule has 2 N–H and O–H groups in total. The average molecular weight is 273 g/mol. The highest BCUT2D eigenvalue weighted by atomic mass is 35.5. The number of anilines is 1. The van der Waals surface area contributed by atoms with E-state index in [1.807, 2.05) is 13.0 Å². The minimum absolute atomic E-state index is 0.0103. The van der Waals surface area contributed by atoms with Crippen LogP contribution in [0.4, 0.5) is 5.82 Å². The van der Waals surface area contributed by atoms with Crippen LogP contribution in [0.25, 0.3) is 0 Å². The molecular weight excluding hydrogens is 256 g/mol. The predicted octanol–water partition coefficient (Wildman–Crippen LogP) is 0.813. The van der Waals surface area contributed by atoms with E-state index in [0.29, 0.717) is 23.9 Å². The Morgan fingerprint density at radius 2 is 2.28 bits per heavy atom. The second-order valence-electron chi connectivity index (χ2n) is 4.40. The Morgan fingerprint density at radius 1 is 1.50 bits per heavy atom. The van der Waals surface area contributed by atoms with E-state index < -0.39 is 0 Å². The van der Waals surface area contributed by atoms with Gasteiger partial charge in [0.1, 0.15) is 5.82 Å². The maximum atomic E-state index is 9.18. The van der Waals surface area contributed by atoms with Crippen LogP contribution in [-0.2, 0) is 11.3 Å². The highest BCUT2D eigenvalue weighted by Crippen LogP contribution is 2.23. The topological polar surface area (TPSA) is 65.8 Å². The minimum atomic E-state index is -0.198. The number of morpholine rings is 1. The van der Waals surface area contributed by atoms with E-state index in [-0.39, 0.29) is 25.4 Å². The standard InChI is InChI=1S/C12H17ClN2O3/c1-8-7-18-9(5-16)4-15(8)12-3-2-10(13)11(6-17)14-12/h2-3,8-9,16-17H,4-7H2,1H3. The third-order valence-electron chi connectivity index (χ3n) is 3.06. The molecule has 1 aromatic rings. The van der Waals surface area contributed by atoms with Crippen LogP contribution in [-0.4, -0.2) is 47.1 Å². The second kappa shape index (κ2) is 5.84. The van der Waals surface area contributed by atoms with Gasteiger partial charge in [-0.3, -0.25) is 0 Å². The Kier molecular flexibility index (Phi) is 4.40. The quantitative estimate of drug-likeness (QED) is 0.853. The number of nitrogens with zero attached hydrogens (tertiary/aromatic N) is 2. The summed E-state index contributed by atoms with van der Waals surface area (Å²) in [4.78, 5) is 6.40. The summed E-state index contributed by atoms with van der Waals surface area (Å²) >= 11 is 5.92. The second-order valence-corrected chi connectivity index (χ2v) is 4.80. The molecule has 0 bridgehead atoms. The van der Waals surface area contributed by atoms with Gasteiger partial charge in [-0.15, -0.1) is 0 Å². The fraction of sp³-hybridized carbons (Fsp3) is 0.583. The Balaban J connectivity index is 2.23. The molecule has 18 heavy (non-hydrogen) atoms. The molecule has 2 unspecified atom stereocenters. The number of pyridine rings is 1. The molecule has 0 amide bonds. The molecule has 6 heteroatoms. The molecule has 1 aliphatic rings. The molecular formula is C12H17ClN2O3. The fourth-order valence-corrected chi connectivity index (χ4v) is 2.16. The average Bonchev–Trinajstić information content (AvgIpc) is 2.40. The van der Waals surface area contributed by atoms with Crippen molar-refractivity contribution >= 4 is 17.4 Å². The van der Waals surface area contributed by atoms with Crippen LogP contribution in [0, 0.1) is 0 Å². The summed E-state index contributed by atoms with van der Waals surface area (Å²) in [5, 5.41) is 18.8. The molecule has 1 saturated heterocycles. The summed E-state index contributed by atoms with van der Waals surface area (Å²) in [7, 11) is 0. The summed E-state index contributed by atoms with van der Waals surface area (Å²) in [5.41, 5.74) is 0.466. The van der Waals surface area contributed by atoms with Gasteiger partial charge in [-0.2, -0.15) is 0 Å². The van der Waals surface area contributed by atoms with E-state index in [2.05, 4.69) is 9.88 Å². The molecule has 0 spiro atoms. The van der Waals surface area contributed by atoms with Crippen molar-refractivity contribution in [2.45, 2.75) is 25.7 Å². The lowest BCUT2D eigenvalue weighted by Crippen LogP contribution is -2.50. The molecule has 0 radical (unpaired) electrons. The Morgan fingerprint density at radius 3 is 2.94 bits per heavy atom. The van der Waals surface area contributed by atoms with Crippen molar-refractivity contribution in [3.63, 3.8) is 0 Å². The van der Waals surface area contributed by atoms with Crippen LogP contribution in [0.1, 0.15) is 12.6 Å². The summed E-state index contributed by atoms with van der Waals surface area (Å²) < 4.78 is 5.48. The van der Waals surface area contributed by atoms with Gasteiger partial charge in [0.25, 0.3) is 0 Å². The SMILES string of the molecule is CC1COC(CO)CN1c1ccc(Cl)c(CO)n1. The van der Waals surface area contributed by atoms with Crippen molar-refractivity contribution in [1.29, 1.82) is 0 Å². The smallest absolute Gasteiger partial charge is 0.129 e. The van der Waals surface area contributed by atoms with E-state index >= 15 is 0 Å². The largest absolute Gasteiger partial charge is 0.394 e. The molecule has 2 rings (SSSR count). The van der Waals surface area contributed by atoms with E-state index in [4.69, 9.17) is 21.4 Å². The van der Waals surface area contributed by atoms with Crippen molar-refractivity contribution in [2.75, 3.05) is 24.7 Å². The molecule has 2 atom stereocenters. The maximum absolute atomic E-state index is 9.18. The molecule has 1 fully saturated rings. The fourth-order valence-electron chi connectivity index (χ4n) is 1.99. The van der Waals surface area contributed by atoms with Gasteiger partial charge in [-0.05, 0) is 19.1 Å². The van der Waals surface area contributed by atoms with Crippen molar-refractivity contribution in [3.05, 3.63) is 22.8 Å². The molecule has 100 valence electrons. The van der Waals surface area contributed by atoms with Gasteiger partial charge in [-0.25, -0.2) is 4.98 Å². The maximum Gasteiger partial charge on any atom is 0.129 e. The lowest BCUT2D eigenvalue weighted by atomic mass is 10.2. The number of rotatable bonds is 3. The van der Waals surface area contributed by atoms with Crippen LogP contribution < -0.4 is 4.90 Å². The minimum Gasteiger partial charge on any atom is -0.394 e. The van der Waals surface area contributed by atoms with E-state index in [0.717, 1.165) is 5.82 Å². The van der Waals surface area contributed by atoms with Gasteiger partial charge in [-0.1, -0.05) is 11.6 Å². The zero-order valence-electron chi connectivity index (χ0n) is 10.2. The van der Waals surface area contributed by atoms with E-state index in [9.17, 15) is 5.11 Å². The Bertz CT molecular complexity index is 416. The number of hydrogen-bond acceptors (Lipinski definition) is 5. The molecule has 0 aliphatic carbocycles. The van der Waals surface area contributed by atoms with Crippen molar-refractivity contribution < 1.29 is 14.9 Å². The van der Waals surface area contributed by atoms with Gasteiger partial charge in [0.15, 0.2) is 0 Å². The number of ether oxygens (including phenoxy) is 1. The first-order valence-electron chi connectivity index (χ1n) is 5.91. The predicted molar refractivity (Wildman–Crippen MR) is 68.8 cm³/mol. The first-order chi connectivity index (χ1) is 8.65. The first kappa shape index (κ1) is 13.5. The van der Waals surface area contributed by atoms with Gasteiger partial charge >= 0.3 is 0 Å². The van der Waals surface area contributed by atoms with Gasteiger partial charge in [0, 0.05) is 6.54 Å². The van der Waals surface area contributed by atoms with Crippen LogP contribution in [0.2, 0.25) is 5.02 Å². The van der Waals surface area contributed by atoms with Crippen molar-refractivity contribution in [3.8, 4) is 0 Å². The molecule has 1 aliphatic heterocycles. The van der Waals surface area contributed by atoms with Crippen LogP contribution in [0.3, 0.4) is 0 Å². The first-order valence-corrected chi connectivity index (χ1v) is 6.29. The zero-order valence-corrected chi connectivity index (χ0v) is 11.0. The summed E-state index contributed by atoms with van der Waals surface area (Å²) in [6.45, 7) is 2.96. The molecule has 2 heterocycles.